The topological polar surface area (TPSA) is 49.9 Å². The second kappa shape index (κ2) is 8.92. The number of hydrogen-bond donors (Lipinski definition) is 0. The first-order valence-corrected chi connectivity index (χ1v) is 10.7. The van der Waals surface area contributed by atoms with Gasteiger partial charge in [0.25, 0.3) is 11.8 Å². The minimum absolute atomic E-state index is 0.257. The van der Waals surface area contributed by atoms with Crippen LogP contribution < -0.4 is 4.74 Å². The monoisotopic (exact) mass is 422 g/mol. The standard InChI is InChI=1S/C25H27FN2O3/c1-17-11-14-27(15-12-17)23-22(19-5-7-20(26)8-6-19)24(29)28(25(23)30)16-13-18-3-9-21(31-2)10-4-18/h3-10,17H,11-16H2,1-2H3. The zero-order chi connectivity index (χ0) is 22.0. The van der Waals surface area contributed by atoms with Gasteiger partial charge in [-0.1, -0.05) is 31.2 Å². The number of ether oxygens (including phenoxy) is 1. The lowest BCUT2D eigenvalue weighted by Crippen LogP contribution is -2.39. The van der Waals surface area contributed by atoms with Gasteiger partial charge in [-0.05, 0) is 60.6 Å². The summed E-state index contributed by atoms with van der Waals surface area (Å²) < 4.78 is 18.7. The van der Waals surface area contributed by atoms with Gasteiger partial charge in [-0.2, -0.15) is 0 Å². The van der Waals surface area contributed by atoms with Crippen LogP contribution >= 0.6 is 0 Å². The quantitative estimate of drug-likeness (QED) is 0.663. The first kappa shape index (κ1) is 21.1. The van der Waals surface area contributed by atoms with Crippen molar-refractivity contribution in [3.63, 3.8) is 0 Å². The summed E-state index contributed by atoms with van der Waals surface area (Å²) in [6, 6.07) is 13.4. The van der Waals surface area contributed by atoms with Crippen molar-refractivity contribution in [1.29, 1.82) is 0 Å². The van der Waals surface area contributed by atoms with Crippen molar-refractivity contribution in [3.8, 4) is 5.75 Å². The molecule has 0 aliphatic carbocycles. The van der Waals surface area contributed by atoms with Crippen molar-refractivity contribution in [3.05, 3.63) is 71.2 Å². The fourth-order valence-corrected chi connectivity index (χ4v) is 4.20. The number of benzene rings is 2. The number of methoxy groups -OCH3 is 1. The van der Waals surface area contributed by atoms with Crippen molar-refractivity contribution >= 4 is 17.4 Å². The minimum atomic E-state index is -0.370. The van der Waals surface area contributed by atoms with E-state index in [4.69, 9.17) is 4.74 Å². The molecule has 0 N–H and O–H groups in total. The molecule has 2 aromatic rings. The Morgan fingerprint density at radius 3 is 2.23 bits per heavy atom. The third-order valence-electron chi connectivity index (χ3n) is 6.16. The number of imide groups is 1. The van der Waals surface area contributed by atoms with Crippen LogP contribution in [0.5, 0.6) is 5.75 Å². The lowest BCUT2D eigenvalue weighted by molar-refractivity contribution is -0.137. The van der Waals surface area contributed by atoms with E-state index in [9.17, 15) is 14.0 Å². The predicted molar refractivity (Wildman–Crippen MR) is 117 cm³/mol. The van der Waals surface area contributed by atoms with Gasteiger partial charge >= 0.3 is 0 Å². The molecule has 1 fully saturated rings. The van der Waals surface area contributed by atoms with Crippen LogP contribution in [0.1, 0.15) is 30.9 Å². The van der Waals surface area contributed by atoms with E-state index in [0.717, 1.165) is 37.2 Å². The average Bonchev–Trinajstić information content (AvgIpc) is 3.03. The number of carbonyl (C=O) groups is 2. The number of carbonyl (C=O) groups excluding carboxylic acids is 2. The van der Waals surface area contributed by atoms with Crippen LogP contribution in [0.2, 0.25) is 0 Å². The van der Waals surface area contributed by atoms with E-state index in [-0.39, 0.29) is 17.6 Å². The lowest BCUT2D eigenvalue weighted by Gasteiger charge is -2.32. The first-order chi connectivity index (χ1) is 15.0. The summed E-state index contributed by atoms with van der Waals surface area (Å²) in [5.41, 5.74) is 2.44. The van der Waals surface area contributed by atoms with Gasteiger partial charge in [-0.3, -0.25) is 14.5 Å². The summed E-state index contributed by atoms with van der Waals surface area (Å²) in [6.07, 6.45) is 2.52. The molecule has 162 valence electrons. The Labute approximate surface area is 182 Å². The van der Waals surface area contributed by atoms with Gasteiger partial charge in [-0.25, -0.2) is 4.39 Å². The molecule has 5 nitrogen and oxygen atoms in total. The Morgan fingerprint density at radius 2 is 1.61 bits per heavy atom. The maximum Gasteiger partial charge on any atom is 0.277 e. The molecule has 1 saturated heterocycles. The maximum atomic E-state index is 13.5. The smallest absolute Gasteiger partial charge is 0.277 e. The highest BCUT2D eigenvalue weighted by molar-refractivity contribution is 6.35. The zero-order valence-corrected chi connectivity index (χ0v) is 17.9. The molecule has 0 unspecified atom stereocenters. The van der Waals surface area contributed by atoms with Crippen LogP contribution in [-0.2, 0) is 16.0 Å². The SMILES string of the molecule is COc1ccc(CCN2C(=O)C(c3ccc(F)cc3)=C(N3CCC(C)CC3)C2=O)cc1. The Hall–Kier alpha value is -3.15. The van der Waals surface area contributed by atoms with Gasteiger partial charge < -0.3 is 9.64 Å². The molecule has 0 aromatic heterocycles. The number of nitrogens with zero attached hydrogens (tertiary/aromatic N) is 2. The fraction of sp³-hybridized carbons (Fsp3) is 0.360. The molecule has 2 aromatic carbocycles. The third-order valence-corrected chi connectivity index (χ3v) is 6.16. The molecule has 2 aliphatic heterocycles. The highest BCUT2D eigenvalue weighted by Crippen LogP contribution is 2.34. The van der Waals surface area contributed by atoms with Crippen LogP contribution in [0.3, 0.4) is 0 Å². The second-order valence-electron chi connectivity index (χ2n) is 8.26. The zero-order valence-electron chi connectivity index (χ0n) is 17.9. The number of amides is 2. The van der Waals surface area contributed by atoms with Crippen LogP contribution in [0, 0.1) is 11.7 Å². The normalized spacial score (nSPS) is 17.6. The largest absolute Gasteiger partial charge is 0.497 e. The van der Waals surface area contributed by atoms with Crippen molar-refractivity contribution in [1.82, 2.24) is 9.80 Å². The third kappa shape index (κ3) is 4.33. The molecule has 0 spiro atoms. The van der Waals surface area contributed by atoms with Crippen molar-refractivity contribution < 1.29 is 18.7 Å². The molecule has 0 saturated carbocycles. The average molecular weight is 423 g/mol. The minimum Gasteiger partial charge on any atom is -0.497 e. The summed E-state index contributed by atoms with van der Waals surface area (Å²) in [7, 11) is 1.61. The number of hydrogen-bond acceptors (Lipinski definition) is 4. The molecule has 4 rings (SSSR count). The summed E-state index contributed by atoms with van der Waals surface area (Å²) in [6.45, 7) is 3.98. The molecule has 2 aliphatic rings. The van der Waals surface area contributed by atoms with Gasteiger partial charge in [0.15, 0.2) is 0 Å². The van der Waals surface area contributed by atoms with Crippen molar-refractivity contribution in [2.24, 2.45) is 5.92 Å². The molecule has 6 heteroatoms. The van der Waals surface area contributed by atoms with Crippen LogP contribution in [0.4, 0.5) is 4.39 Å². The van der Waals surface area contributed by atoms with Gasteiger partial charge in [0, 0.05) is 19.6 Å². The summed E-state index contributed by atoms with van der Waals surface area (Å²) in [5.74, 6) is 0.431. The molecular formula is C25H27FN2O3. The van der Waals surface area contributed by atoms with Gasteiger partial charge in [-0.15, -0.1) is 0 Å². The van der Waals surface area contributed by atoms with E-state index in [1.807, 2.05) is 29.2 Å². The van der Waals surface area contributed by atoms with Crippen LogP contribution in [0.15, 0.2) is 54.2 Å². The van der Waals surface area contributed by atoms with Gasteiger partial charge in [0.2, 0.25) is 0 Å². The van der Waals surface area contributed by atoms with Crippen molar-refractivity contribution in [2.75, 3.05) is 26.7 Å². The second-order valence-corrected chi connectivity index (χ2v) is 8.26. The lowest BCUT2D eigenvalue weighted by atomic mass is 9.97. The van der Waals surface area contributed by atoms with Gasteiger partial charge in [0.1, 0.15) is 17.3 Å². The molecular weight excluding hydrogens is 395 g/mol. The summed E-state index contributed by atoms with van der Waals surface area (Å²) in [4.78, 5) is 30.1. The Balaban J connectivity index is 1.60. The van der Waals surface area contributed by atoms with Crippen LogP contribution in [0.25, 0.3) is 5.57 Å². The first-order valence-electron chi connectivity index (χ1n) is 10.7. The summed E-state index contributed by atoms with van der Waals surface area (Å²) >= 11 is 0. The molecule has 0 atom stereocenters. The fourth-order valence-electron chi connectivity index (χ4n) is 4.20. The van der Waals surface area contributed by atoms with Gasteiger partial charge in [0.05, 0.1) is 12.7 Å². The predicted octanol–water partition coefficient (Wildman–Crippen LogP) is 3.89. The van der Waals surface area contributed by atoms with E-state index < -0.39 is 0 Å². The Kier molecular flexibility index (Phi) is 6.07. The van der Waals surface area contributed by atoms with E-state index >= 15 is 0 Å². The Bertz CT molecular complexity index is 990. The Morgan fingerprint density at radius 1 is 0.968 bits per heavy atom. The highest BCUT2D eigenvalue weighted by atomic mass is 19.1. The molecule has 0 bridgehead atoms. The molecule has 0 radical (unpaired) electrons. The molecule has 2 amide bonds. The number of piperidine rings is 1. The number of likely N-dealkylation sites (tertiary alicyclic amines) is 1. The molecule has 2 heterocycles. The van der Waals surface area contributed by atoms with E-state index in [1.165, 1.54) is 17.0 Å². The van der Waals surface area contributed by atoms with Crippen molar-refractivity contribution in [2.45, 2.75) is 26.2 Å². The van der Waals surface area contributed by atoms with E-state index in [0.29, 0.717) is 35.7 Å². The van der Waals surface area contributed by atoms with E-state index in [1.54, 1.807) is 19.2 Å². The highest BCUT2D eigenvalue weighted by Gasteiger charge is 2.41. The number of halogens is 1. The van der Waals surface area contributed by atoms with E-state index in [2.05, 4.69) is 6.92 Å². The molecule has 31 heavy (non-hydrogen) atoms. The maximum absolute atomic E-state index is 13.5. The summed E-state index contributed by atoms with van der Waals surface area (Å²) in [5, 5.41) is 0. The van der Waals surface area contributed by atoms with Crippen LogP contribution in [-0.4, -0.2) is 48.4 Å². The number of rotatable bonds is 6.